The highest BCUT2D eigenvalue weighted by atomic mass is 16.1. The second-order valence-corrected chi connectivity index (χ2v) is 4.87. The van der Waals surface area contributed by atoms with Gasteiger partial charge in [0.15, 0.2) is 0 Å². The zero-order valence-electron chi connectivity index (χ0n) is 9.34. The summed E-state index contributed by atoms with van der Waals surface area (Å²) in [6.07, 6.45) is 5.10. The lowest BCUT2D eigenvalue weighted by Crippen LogP contribution is -2.54. The summed E-state index contributed by atoms with van der Waals surface area (Å²) in [5.41, 5.74) is 0.260. The molecule has 0 unspecified atom stereocenters. The monoisotopic (exact) mass is 196 g/mol. The van der Waals surface area contributed by atoms with E-state index in [1.54, 1.807) is 6.92 Å². The van der Waals surface area contributed by atoms with E-state index in [0.29, 0.717) is 0 Å². The van der Waals surface area contributed by atoms with Crippen molar-refractivity contribution in [3.8, 4) is 0 Å². The van der Waals surface area contributed by atoms with Crippen LogP contribution in [0.5, 0.6) is 0 Å². The fraction of sp³-hybridized carbons (Fsp3) is 0.909. The van der Waals surface area contributed by atoms with Crippen LogP contribution in [0.1, 0.15) is 39.5 Å². The minimum atomic E-state index is 0.0932. The maximum atomic E-state index is 11.1. The largest absolute Gasteiger partial charge is 0.352 e. The van der Waals surface area contributed by atoms with Crippen LogP contribution in [0, 0.1) is 0 Å². The second-order valence-electron chi connectivity index (χ2n) is 4.87. The SMILES string of the molecule is CC(=O)N[C@H](C)C12CCC(CC1)N2C. The Hall–Kier alpha value is -0.570. The predicted octanol–water partition coefficient (Wildman–Crippen LogP) is 1.14. The van der Waals surface area contributed by atoms with Crippen LogP contribution >= 0.6 is 0 Å². The number of fused-ring (bicyclic) bond motifs is 2. The Balaban J connectivity index is 2.11. The molecular weight excluding hydrogens is 176 g/mol. The summed E-state index contributed by atoms with van der Waals surface area (Å²) in [6, 6.07) is 1.06. The minimum absolute atomic E-state index is 0.0932. The first-order valence-electron chi connectivity index (χ1n) is 5.56. The Labute approximate surface area is 85.8 Å². The molecule has 2 aliphatic heterocycles. The third kappa shape index (κ3) is 1.26. The fourth-order valence-corrected chi connectivity index (χ4v) is 3.38. The number of nitrogens with zero attached hydrogens (tertiary/aromatic N) is 1. The number of amides is 1. The van der Waals surface area contributed by atoms with E-state index >= 15 is 0 Å². The summed E-state index contributed by atoms with van der Waals surface area (Å²) in [4.78, 5) is 13.6. The number of hydrogen-bond donors (Lipinski definition) is 1. The van der Waals surface area contributed by atoms with Crippen LogP contribution in [0.25, 0.3) is 0 Å². The smallest absolute Gasteiger partial charge is 0.217 e. The summed E-state index contributed by atoms with van der Waals surface area (Å²) in [6.45, 7) is 3.75. The zero-order valence-corrected chi connectivity index (χ0v) is 9.34. The molecule has 1 amide bonds. The molecule has 3 heteroatoms. The number of carbonyl (C=O) groups is 1. The summed E-state index contributed by atoms with van der Waals surface area (Å²) in [7, 11) is 2.21. The topological polar surface area (TPSA) is 32.3 Å². The van der Waals surface area contributed by atoms with Gasteiger partial charge in [-0.25, -0.2) is 0 Å². The van der Waals surface area contributed by atoms with Gasteiger partial charge in [0.1, 0.15) is 0 Å². The average molecular weight is 196 g/mol. The molecule has 80 valence electrons. The number of likely N-dealkylation sites (N-methyl/N-ethyl adjacent to an activating group) is 1. The lowest BCUT2D eigenvalue weighted by molar-refractivity contribution is -0.120. The molecule has 0 spiro atoms. The van der Waals surface area contributed by atoms with E-state index < -0.39 is 0 Å². The van der Waals surface area contributed by atoms with E-state index in [1.165, 1.54) is 25.7 Å². The molecule has 2 saturated heterocycles. The van der Waals surface area contributed by atoms with Crippen molar-refractivity contribution in [2.24, 2.45) is 0 Å². The maximum absolute atomic E-state index is 11.1. The summed E-state index contributed by atoms with van der Waals surface area (Å²) in [5, 5.41) is 3.05. The third-order valence-corrected chi connectivity index (χ3v) is 4.30. The molecule has 0 aromatic rings. The van der Waals surface area contributed by atoms with Crippen molar-refractivity contribution in [1.82, 2.24) is 10.2 Å². The highest BCUT2D eigenvalue weighted by Gasteiger charge is 2.52. The first kappa shape index (κ1) is 9.97. The number of carbonyl (C=O) groups excluding carboxylic acids is 1. The Bertz CT molecular complexity index is 244. The van der Waals surface area contributed by atoms with Gasteiger partial charge in [-0.05, 0) is 39.7 Å². The van der Waals surface area contributed by atoms with Gasteiger partial charge in [-0.15, -0.1) is 0 Å². The van der Waals surface area contributed by atoms with E-state index in [2.05, 4.69) is 24.2 Å². The van der Waals surface area contributed by atoms with Gasteiger partial charge in [0.25, 0.3) is 0 Å². The quantitative estimate of drug-likeness (QED) is 0.718. The molecule has 0 saturated carbocycles. The van der Waals surface area contributed by atoms with Crippen molar-refractivity contribution in [3.05, 3.63) is 0 Å². The van der Waals surface area contributed by atoms with Crippen LogP contribution < -0.4 is 5.32 Å². The molecule has 2 rings (SSSR count). The molecule has 0 radical (unpaired) electrons. The van der Waals surface area contributed by atoms with Gasteiger partial charge < -0.3 is 5.32 Å². The van der Waals surface area contributed by atoms with Gasteiger partial charge >= 0.3 is 0 Å². The van der Waals surface area contributed by atoms with E-state index in [-0.39, 0.29) is 17.5 Å². The molecule has 3 nitrogen and oxygen atoms in total. The Morgan fingerprint density at radius 2 is 2.07 bits per heavy atom. The molecule has 2 fully saturated rings. The summed E-state index contributed by atoms with van der Waals surface area (Å²) in [5.74, 6) is 0.0932. The Morgan fingerprint density at radius 1 is 1.50 bits per heavy atom. The van der Waals surface area contributed by atoms with Gasteiger partial charge in [0, 0.05) is 24.5 Å². The molecule has 2 aliphatic rings. The molecule has 1 N–H and O–H groups in total. The molecule has 2 heterocycles. The minimum Gasteiger partial charge on any atom is -0.352 e. The van der Waals surface area contributed by atoms with Crippen LogP contribution in [-0.4, -0.2) is 35.5 Å². The first-order valence-corrected chi connectivity index (χ1v) is 5.56. The van der Waals surface area contributed by atoms with Crippen molar-refractivity contribution >= 4 is 5.91 Å². The summed E-state index contributed by atoms with van der Waals surface area (Å²) < 4.78 is 0. The second kappa shape index (κ2) is 3.23. The Kier molecular flexibility index (Phi) is 2.30. The van der Waals surface area contributed by atoms with Crippen molar-refractivity contribution < 1.29 is 4.79 Å². The molecule has 14 heavy (non-hydrogen) atoms. The van der Waals surface area contributed by atoms with Crippen LogP contribution in [0.3, 0.4) is 0 Å². The molecule has 1 atom stereocenters. The van der Waals surface area contributed by atoms with Gasteiger partial charge in [0.2, 0.25) is 5.91 Å². The number of hydrogen-bond acceptors (Lipinski definition) is 2. The third-order valence-electron chi connectivity index (χ3n) is 4.30. The highest BCUT2D eigenvalue weighted by molar-refractivity contribution is 5.73. The predicted molar refractivity (Wildman–Crippen MR) is 56.0 cm³/mol. The fourth-order valence-electron chi connectivity index (χ4n) is 3.38. The van der Waals surface area contributed by atoms with Crippen molar-refractivity contribution in [2.45, 2.75) is 57.2 Å². The molecule has 0 aromatic heterocycles. The first-order chi connectivity index (χ1) is 6.56. The average Bonchev–Trinajstić information content (AvgIpc) is 2.60. The normalized spacial score (nSPS) is 38.6. The van der Waals surface area contributed by atoms with E-state index in [9.17, 15) is 4.79 Å². The molecule has 0 aliphatic carbocycles. The van der Waals surface area contributed by atoms with Gasteiger partial charge in [-0.2, -0.15) is 0 Å². The van der Waals surface area contributed by atoms with E-state index in [1.807, 2.05) is 0 Å². The van der Waals surface area contributed by atoms with Crippen LogP contribution in [0.15, 0.2) is 0 Å². The van der Waals surface area contributed by atoms with Gasteiger partial charge in [0.05, 0.1) is 0 Å². The number of rotatable bonds is 2. The van der Waals surface area contributed by atoms with Crippen LogP contribution in [0.2, 0.25) is 0 Å². The standard InChI is InChI=1S/C11H20N2O/c1-8(12-9(2)14)11-6-4-10(5-7-11)13(11)3/h8,10H,4-7H2,1-3H3,(H,12,14)/t8-,10?,11?/m1/s1. The molecule has 0 aromatic carbocycles. The van der Waals surface area contributed by atoms with Crippen LogP contribution in [-0.2, 0) is 4.79 Å². The molecule has 2 bridgehead atoms. The van der Waals surface area contributed by atoms with E-state index in [4.69, 9.17) is 0 Å². The maximum Gasteiger partial charge on any atom is 0.217 e. The van der Waals surface area contributed by atoms with Gasteiger partial charge in [-0.1, -0.05) is 0 Å². The van der Waals surface area contributed by atoms with E-state index in [0.717, 1.165) is 6.04 Å². The summed E-state index contributed by atoms with van der Waals surface area (Å²) >= 11 is 0. The highest BCUT2D eigenvalue weighted by Crippen LogP contribution is 2.46. The lowest BCUT2D eigenvalue weighted by Gasteiger charge is -2.38. The van der Waals surface area contributed by atoms with Gasteiger partial charge in [-0.3, -0.25) is 9.69 Å². The van der Waals surface area contributed by atoms with Crippen molar-refractivity contribution in [2.75, 3.05) is 7.05 Å². The van der Waals surface area contributed by atoms with Crippen molar-refractivity contribution in [1.29, 1.82) is 0 Å². The van der Waals surface area contributed by atoms with Crippen LogP contribution in [0.4, 0.5) is 0 Å². The van der Waals surface area contributed by atoms with Crippen molar-refractivity contribution in [3.63, 3.8) is 0 Å². The lowest BCUT2D eigenvalue weighted by atomic mass is 9.82. The number of nitrogens with one attached hydrogen (secondary N) is 1. The molecular formula is C11H20N2O. The zero-order chi connectivity index (χ0) is 10.3. The Morgan fingerprint density at radius 3 is 2.43 bits per heavy atom.